The van der Waals surface area contributed by atoms with Crippen LogP contribution in [0.25, 0.3) is 0 Å². The van der Waals surface area contributed by atoms with E-state index < -0.39 is 8.32 Å². The number of ether oxygens (including phenoxy) is 2. The molecule has 0 N–H and O–H groups in total. The Morgan fingerprint density at radius 3 is 2.23 bits per heavy atom. The zero-order valence-electron chi connectivity index (χ0n) is 23.3. The molecule has 2 rings (SSSR count). The molecule has 35 heavy (non-hydrogen) atoms. The lowest BCUT2D eigenvalue weighted by atomic mass is 9.62. The maximum Gasteiger partial charge on any atom is 0.330 e. The summed E-state index contributed by atoms with van der Waals surface area (Å²) in [5.74, 6) is 0.268. The molecule has 0 heterocycles. The maximum atomic E-state index is 11.9. The van der Waals surface area contributed by atoms with Gasteiger partial charge in [-0.25, -0.2) is 9.59 Å². The highest BCUT2D eigenvalue weighted by Crippen LogP contribution is 2.59. The molecule has 4 unspecified atom stereocenters. The van der Waals surface area contributed by atoms with Crippen LogP contribution in [0.4, 0.5) is 0 Å². The third-order valence-corrected chi connectivity index (χ3v) is 13.0. The average molecular weight is 505 g/mol. The van der Waals surface area contributed by atoms with Gasteiger partial charge in [0.25, 0.3) is 0 Å². The Hall–Kier alpha value is -1.66. The Morgan fingerprint density at radius 2 is 1.63 bits per heavy atom. The predicted octanol–water partition coefficient (Wildman–Crippen LogP) is 7.15. The molecular weight excluding hydrogens is 456 g/mol. The van der Waals surface area contributed by atoms with Crippen LogP contribution in [0.15, 0.2) is 36.0 Å². The predicted molar refractivity (Wildman–Crippen MR) is 144 cm³/mol. The molecule has 0 spiro atoms. The average Bonchev–Trinajstić information content (AvgIpc) is 3.10. The molecular formula is C29H48O5Si. The SMILES string of the molecule is CCOC(=O)C=CC=C(CC=CC(=O)OCC)C1CCC2C(O[Si](C)(C)C(C)(C)C)CCCC12C. The van der Waals surface area contributed by atoms with Gasteiger partial charge in [0.05, 0.1) is 13.2 Å². The molecule has 0 bridgehead atoms. The van der Waals surface area contributed by atoms with E-state index in [1.165, 1.54) is 30.6 Å². The van der Waals surface area contributed by atoms with Crippen molar-refractivity contribution < 1.29 is 23.5 Å². The third kappa shape index (κ3) is 7.66. The van der Waals surface area contributed by atoms with Crippen molar-refractivity contribution in [3.05, 3.63) is 36.0 Å². The summed E-state index contributed by atoms with van der Waals surface area (Å²) in [6, 6.07) is 0. The number of carbonyl (C=O) groups is 2. The summed E-state index contributed by atoms with van der Waals surface area (Å²) in [5.41, 5.74) is 1.40. The minimum atomic E-state index is -1.86. The fraction of sp³-hybridized carbons (Fsp3) is 0.724. The van der Waals surface area contributed by atoms with Gasteiger partial charge in [0.1, 0.15) is 0 Å². The number of fused-ring (bicyclic) bond motifs is 1. The monoisotopic (exact) mass is 504 g/mol. The van der Waals surface area contributed by atoms with Crippen molar-refractivity contribution in [3.63, 3.8) is 0 Å². The number of allylic oxidation sites excluding steroid dienone is 4. The second kappa shape index (κ2) is 12.5. The van der Waals surface area contributed by atoms with E-state index >= 15 is 0 Å². The molecule has 0 aromatic rings. The van der Waals surface area contributed by atoms with Gasteiger partial charge < -0.3 is 13.9 Å². The van der Waals surface area contributed by atoms with Gasteiger partial charge in [-0.1, -0.05) is 57.9 Å². The molecule has 0 aliphatic heterocycles. The molecule has 0 saturated heterocycles. The molecule has 2 fully saturated rings. The quantitative estimate of drug-likeness (QED) is 0.137. The van der Waals surface area contributed by atoms with Crippen LogP contribution in [0.5, 0.6) is 0 Å². The van der Waals surface area contributed by atoms with Gasteiger partial charge in [-0.3, -0.25) is 0 Å². The Morgan fingerprint density at radius 1 is 1.00 bits per heavy atom. The minimum Gasteiger partial charge on any atom is -0.463 e. The van der Waals surface area contributed by atoms with E-state index in [9.17, 15) is 9.59 Å². The van der Waals surface area contributed by atoms with E-state index in [-0.39, 0.29) is 22.4 Å². The normalized spacial score (nSPS) is 27.9. The van der Waals surface area contributed by atoms with Gasteiger partial charge in [-0.2, -0.15) is 0 Å². The van der Waals surface area contributed by atoms with Crippen LogP contribution in [0.1, 0.15) is 80.1 Å². The fourth-order valence-corrected chi connectivity index (χ4v) is 7.07. The summed E-state index contributed by atoms with van der Waals surface area (Å²) >= 11 is 0. The highest BCUT2D eigenvalue weighted by molar-refractivity contribution is 6.74. The summed E-state index contributed by atoms with van der Waals surface area (Å²) in [7, 11) is -1.86. The minimum absolute atomic E-state index is 0.145. The first-order valence-corrected chi connectivity index (χ1v) is 16.3. The van der Waals surface area contributed by atoms with Crippen LogP contribution in [0.2, 0.25) is 18.1 Å². The Labute approximate surface area is 214 Å². The smallest absolute Gasteiger partial charge is 0.330 e. The molecule has 4 atom stereocenters. The highest BCUT2D eigenvalue weighted by Gasteiger charge is 2.54. The van der Waals surface area contributed by atoms with Crippen molar-refractivity contribution in [2.45, 2.75) is 104 Å². The van der Waals surface area contributed by atoms with Crippen molar-refractivity contribution in [2.24, 2.45) is 17.3 Å². The van der Waals surface area contributed by atoms with Crippen molar-refractivity contribution in [2.75, 3.05) is 13.2 Å². The summed E-state index contributed by atoms with van der Waals surface area (Å²) < 4.78 is 17.1. The molecule has 2 aliphatic rings. The third-order valence-electron chi connectivity index (χ3n) is 8.49. The molecule has 0 radical (unpaired) electrons. The van der Waals surface area contributed by atoms with Crippen LogP contribution in [-0.2, 0) is 23.5 Å². The number of hydrogen-bond acceptors (Lipinski definition) is 5. The lowest BCUT2D eigenvalue weighted by molar-refractivity contribution is -0.138. The van der Waals surface area contributed by atoms with Crippen molar-refractivity contribution in [1.29, 1.82) is 0 Å². The molecule has 0 aromatic carbocycles. The first kappa shape index (κ1) is 29.6. The number of rotatable bonds is 10. The van der Waals surface area contributed by atoms with E-state index in [0.717, 1.165) is 19.3 Å². The van der Waals surface area contributed by atoms with Crippen molar-refractivity contribution >= 4 is 20.3 Å². The number of esters is 2. The van der Waals surface area contributed by atoms with Gasteiger partial charge >= 0.3 is 11.9 Å². The van der Waals surface area contributed by atoms with Crippen LogP contribution >= 0.6 is 0 Å². The molecule has 2 aliphatic carbocycles. The standard InChI is InChI=1S/C29H48O5Si/c1-9-32-26(30)17-11-14-22(15-12-18-27(31)33-10-2)23-19-20-24-25(16-13-21-29(23,24)6)34-35(7,8)28(3,4)5/h11-12,14,17-18,23-25H,9-10,13,15-16,19-21H2,1-8H3. The topological polar surface area (TPSA) is 61.8 Å². The fourth-order valence-electron chi connectivity index (χ4n) is 5.67. The van der Waals surface area contributed by atoms with Crippen molar-refractivity contribution in [1.82, 2.24) is 0 Å². The highest BCUT2D eigenvalue weighted by atomic mass is 28.4. The molecule has 6 heteroatoms. The molecule has 5 nitrogen and oxygen atoms in total. The number of carbonyl (C=O) groups excluding carboxylic acids is 2. The maximum absolute atomic E-state index is 11.9. The lowest BCUT2D eigenvalue weighted by Crippen LogP contribution is -2.50. The van der Waals surface area contributed by atoms with Crippen LogP contribution < -0.4 is 0 Å². The Balaban J connectivity index is 2.29. The molecule has 0 aromatic heterocycles. The first-order chi connectivity index (χ1) is 16.4. The summed E-state index contributed by atoms with van der Waals surface area (Å²) in [5, 5.41) is 0.194. The molecule has 0 amide bonds. The van der Waals surface area contributed by atoms with E-state index in [4.69, 9.17) is 13.9 Å². The first-order valence-electron chi connectivity index (χ1n) is 13.4. The summed E-state index contributed by atoms with van der Waals surface area (Å²) in [4.78, 5) is 23.7. The lowest BCUT2D eigenvalue weighted by Gasteiger charge is -2.49. The Bertz CT molecular complexity index is 819. The number of hydrogen-bond donors (Lipinski definition) is 0. The summed E-state index contributed by atoms with van der Waals surface area (Å²) in [6.45, 7) is 18.4. The van der Waals surface area contributed by atoms with Crippen LogP contribution in [0.3, 0.4) is 0 Å². The van der Waals surface area contributed by atoms with Gasteiger partial charge in [-0.05, 0) is 81.3 Å². The van der Waals surface area contributed by atoms with Gasteiger partial charge in [-0.15, -0.1) is 0 Å². The van der Waals surface area contributed by atoms with E-state index in [0.29, 0.717) is 37.6 Å². The van der Waals surface area contributed by atoms with E-state index in [1.807, 2.05) is 13.0 Å². The molecule has 2 saturated carbocycles. The van der Waals surface area contributed by atoms with Crippen LogP contribution in [0, 0.1) is 17.3 Å². The van der Waals surface area contributed by atoms with Crippen molar-refractivity contribution in [3.8, 4) is 0 Å². The second-order valence-corrected chi connectivity index (χ2v) is 16.5. The van der Waals surface area contributed by atoms with E-state index in [2.05, 4.69) is 46.9 Å². The summed E-state index contributed by atoms with van der Waals surface area (Å²) in [6.07, 6.45) is 15.5. The second-order valence-electron chi connectivity index (χ2n) is 11.8. The molecule has 198 valence electrons. The largest absolute Gasteiger partial charge is 0.463 e. The van der Waals surface area contributed by atoms with Gasteiger partial charge in [0.2, 0.25) is 0 Å². The Kier molecular flexibility index (Phi) is 10.6. The van der Waals surface area contributed by atoms with Crippen LogP contribution in [-0.4, -0.2) is 39.6 Å². The van der Waals surface area contributed by atoms with Gasteiger partial charge in [0.15, 0.2) is 8.32 Å². The zero-order valence-corrected chi connectivity index (χ0v) is 24.3. The van der Waals surface area contributed by atoms with E-state index in [1.54, 1.807) is 13.0 Å². The zero-order chi connectivity index (χ0) is 26.3. The van der Waals surface area contributed by atoms with Gasteiger partial charge in [0, 0.05) is 18.3 Å².